The predicted octanol–water partition coefficient (Wildman–Crippen LogP) is 3.88. The molecule has 66 valence electrons. The molecule has 0 aliphatic heterocycles. The Balaban J connectivity index is 0.000000461. The van der Waals surface area contributed by atoms with Gasteiger partial charge in [-0.3, -0.25) is 0 Å². The van der Waals surface area contributed by atoms with Crippen molar-refractivity contribution in [2.75, 3.05) is 0 Å². The minimum Gasteiger partial charge on any atom is -0.0849 e. The van der Waals surface area contributed by atoms with Crippen LogP contribution in [0.15, 0.2) is 12.2 Å². The van der Waals surface area contributed by atoms with Gasteiger partial charge in [0.2, 0.25) is 0 Å². The SMILES string of the molecule is CC.CC1C=CC(C)C1(C)C. The normalized spacial score (nSPS) is 32.9. The van der Waals surface area contributed by atoms with Crippen molar-refractivity contribution in [3.8, 4) is 0 Å². The maximum Gasteiger partial charge on any atom is -0.0205 e. The first-order valence-corrected chi connectivity index (χ1v) is 4.73. The van der Waals surface area contributed by atoms with E-state index in [1.54, 1.807) is 0 Å². The first kappa shape index (κ1) is 10.7. The number of rotatable bonds is 0. The molecule has 0 bridgehead atoms. The van der Waals surface area contributed by atoms with Crippen LogP contribution in [-0.4, -0.2) is 0 Å². The third kappa shape index (κ3) is 2.08. The summed E-state index contributed by atoms with van der Waals surface area (Å²) in [5, 5.41) is 0. The highest BCUT2D eigenvalue weighted by Gasteiger charge is 2.32. The molecule has 0 aromatic carbocycles. The summed E-state index contributed by atoms with van der Waals surface area (Å²) in [5.41, 5.74) is 0.500. The highest BCUT2D eigenvalue weighted by molar-refractivity contribution is 5.08. The Morgan fingerprint density at radius 2 is 1.18 bits per heavy atom. The summed E-state index contributed by atoms with van der Waals surface area (Å²) < 4.78 is 0. The zero-order valence-corrected chi connectivity index (χ0v) is 8.81. The zero-order chi connectivity index (χ0) is 9.07. The van der Waals surface area contributed by atoms with Crippen LogP contribution in [0.1, 0.15) is 41.5 Å². The molecule has 0 saturated heterocycles. The van der Waals surface area contributed by atoms with Crippen LogP contribution in [0.3, 0.4) is 0 Å². The Bertz CT molecular complexity index is 117. The maximum atomic E-state index is 2.34. The van der Waals surface area contributed by atoms with E-state index in [4.69, 9.17) is 0 Å². The van der Waals surface area contributed by atoms with Crippen molar-refractivity contribution < 1.29 is 0 Å². The second kappa shape index (κ2) is 3.94. The van der Waals surface area contributed by atoms with Crippen molar-refractivity contribution in [2.24, 2.45) is 17.3 Å². The van der Waals surface area contributed by atoms with Gasteiger partial charge in [0, 0.05) is 0 Å². The van der Waals surface area contributed by atoms with Gasteiger partial charge in [0.15, 0.2) is 0 Å². The molecule has 2 atom stereocenters. The number of allylic oxidation sites excluding steroid dienone is 2. The van der Waals surface area contributed by atoms with Gasteiger partial charge in [-0.15, -0.1) is 0 Å². The molecule has 0 aromatic heterocycles. The van der Waals surface area contributed by atoms with Crippen LogP contribution in [0, 0.1) is 17.3 Å². The van der Waals surface area contributed by atoms with E-state index in [-0.39, 0.29) is 0 Å². The van der Waals surface area contributed by atoms with Gasteiger partial charge < -0.3 is 0 Å². The van der Waals surface area contributed by atoms with Gasteiger partial charge in [0.1, 0.15) is 0 Å². The largest absolute Gasteiger partial charge is 0.0849 e. The van der Waals surface area contributed by atoms with Gasteiger partial charge in [-0.25, -0.2) is 0 Å². The molecule has 0 nitrogen and oxygen atoms in total. The second-order valence-electron chi connectivity index (χ2n) is 3.78. The minimum absolute atomic E-state index is 0.500. The van der Waals surface area contributed by atoms with Gasteiger partial charge >= 0.3 is 0 Å². The Morgan fingerprint density at radius 3 is 1.27 bits per heavy atom. The molecule has 1 aliphatic rings. The lowest BCUT2D eigenvalue weighted by molar-refractivity contribution is 0.232. The van der Waals surface area contributed by atoms with Crippen molar-refractivity contribution in [1.82, 2.24) is 0 Å². The molecule has 0 N–H and O–H groups in total. The molecule has 0 radical (unpaired) electrons. The van der Waals surface area contributed by atoms with E-state index >= 15 is 0 Å². The van der Waals surface area contributed by atoms with Crippen LogP contribution < -0.4 is 0 Å². The van der Waals surface area contributed by atoms with Crippen LogP contribution in [0.4, 0.5) is 0 Å². The Kier molecular flexibility index (Phi) is 3.85. The third-order valence-electron chi connectivity index (χ3n) is 3.04. The molecule has 0 saturated carbocycles. The third-order valence-corrected chi connectivity index (χ3v) is 3.04. The molecule has 0 spiro atoms. The monoisotopic (exact) mass is 154 g/mol. The first-order valence-electron chi connectivity index (χ1n) is 4.73. The second-order valence-corrected chi connectivity index (χ2v) is 3.78. The first-order chi connectivity index (χ1) is 5.05. The Morgan fingerprint density at radius 1 is 0.909 bits per heavy atom. The Hall–Kier alpha value is -0.260. The van der Waals surface area contributed by atoms with E-state index < -0.39 is 0 Å². The van der Waals surface area contributed by atoms with E-state index in [0.29, 0.717) is 5.41 Å². The molecule has 0 aromatic rings. The van der Waals surface area contributed by atoms with E-state index in [2.05, 4.69) is 39.8 Å². The fraction of sp³-hybridized carbons (Fsp3) is 0.818. The predicted molar refractivity (Wildman–Crippen MR) is 52.6 cm³/mol. The van der Waals surface area contributed by atoms with Crippen molar-refractivity contribution in [3.05, 3.63) is 12.2 Å². The van der Waals surface area contributed by atoms with Gasteiger partial charge in [0.25, 0.3) is 0 Å². The van der Waals surface area contributed by atoms with E-state index in [9.17, 15) is 0 Å². The molecule has 11 heavy (non-hydrogen) atoms. The van der Waals surface area contributed by atoms with Crippen LogP contribution in [0.2, 0.25) is 0 Å². The number of hydrogen-bond donors (Lipinski definition) is 0. The molecule has 0 heteroatoms. The lowest BCUT2D eigenvalue weighted by atomic mass is 9.76. The molecule has 2 unspecified atom stereocenters. The highest BCUT2D eigenvalue weighted by Crippen LogP contribution is 2.41. The smallest absolute Gasteiger partial charge is 0.0205 e. The van der Waals surface area contributed by atoms with Crippen molar-refractivity contribution in [1.29, 1.82) is 0 Å². The molecular weight excluding hydrogens is 132 g/mol. The average Bonchev–Trinajstić information content (AvgIpc) is 2.21. The fourth-order valence-corrected chi connectivity index (χ4v) is 1.24. The van der Waals surface area contributed by atoms with E-state index in [1.807, 2.05) is 13.8 Å². The summed E-state index contributed by atoms with van der Waals surface area (Å²) in [7, 11) is 0. The summed E-state index contributed by atoms with van der Waals surface area (Å²) in [5.74, 6) is 1.51. The quantitative estimate of drug-likeness (QED) is 0.464. The van der Waals surface area contributed by atoms with Gasteiger partial charge in [0.05, 0.1) is 0 Å². The van der Waals surface area contributed by atoms with Gasteiger partial charge in [-0.2, -0.15) is 0 Å². The van der Waals surface area contributed by atoms with Crippen LogP contribution in [0.25, 0.3) is 0 Å². The topological polar surface area (TPSA) is 0 Å². The summed E-state index contributed by atoms with van der Waals surface area (Å²) in [6.45, 7) is 13.3. The molecule has 0 heterocycles. The lowest BCUT2D eigenvalue weighted by Gasteiger charge is -2.28. The van der Waals surface area contributed by atoms with Gasteiger partial charge in [-0.1, -0.05) is 53.7 Å². The Labute approximate surface area is 71.7 Å². The fourth-order valence-electron chi connectivity index (χ4n) is 1.24. The summed E-state index contributed by atoms with van der Waals surface area (Å²) in [6.07, 6.45) is 4.65. The van der Waals surface area contributed by atoms with E-state index in [1.165, 1.54) is 0 Å². The van der Waals surface area contributed by atoms with Crippen LogP contribution in [-0.2, 0) is 0 Å². The standard InChI is InChI=1S/C9H16.C2H6/c1-7-5-6-8(2)9(7,3)4;1-2/h5-8H,1-4H3;1-2H3. The summed E-state index contributed by atoms with van der Waals surface area (Å²) >= 11 is 0. The highest BCUT2D eigenvalue weighted by atomic mass is 14.4. The summed E-state index contributed by atoms with van der Waals surface area (Å²) in [4.78, 5) is 0. The van der Waals surface area contributed by atoms with Crippen LogP contribution in [0.5, 0.6) is 0 Å². The van der Waals surface area contributed by atoms with Gasteiger partial charge in [-0.05, 0) is 17.3 Å². The van der Waals surface area contributed by atoms with Crippen molar-refractivity contribution >= 4 is 0 Å². The van der Waals surface area contributed by atoms with Crippen molar-refractivity contribution in [2.45, 2.75) is 41.5 Å². The lowest BCUT2D eigenvalue weighted by Crippen LogP contribution is -2.21. The maximum absolute atomic E-state index is 2.34. The van der Waals surface area contributed by atoms with Crippen molar-refractivity contribution in [3.63, 3.8) is 0 Å². The molecular formula is C11H22. The average molecular weight is 154 g/mol. The van der Waals surface area contributed by atoms with Crippen LogP contribution >= 0.6 is 0 Å². The molecule has 0 fully saturated rings. The zero-order valence-electron chi connectivity index (χ0n) is 8.81. The molecule has 1 aliphatic carbocycles. The molecule has 0 amide bonds. The minimum atomic E-state index is 0.500. The molecule has 1 rings (SSSR count). The number of hydrogen-bond acceptors (Lipinski definition) is 0. The summed E-state index contributed by atoms with van der Waals surface area (Å²) in [6, 6.07) is 0. The van der Waals surface area contributed by atoms with E-state index in [0.717, 1.165) is 11.8 Å².